The third-order valence-electron chi connectivity index (χ3n) is 4.10. The summed E-state index contributed by atoms with van der Waals surface area (Å²) in [5.74, 6) is -0.809. The van der Waals surface area contributed by atoms with Crippen LogP contribution in [0.15, 0.2) is 53.3 Å². The van der Waals surface area contributed by atoms with E-state index in [2.05, 4.69) is 10.3 Å². The number of rotatable bonds is 8. The van der Waals surface area contributed by atoms with E-state index >= 15 is 0 Å². The third-order valence-corrected chi connectivity index (χ3v) is 4.62. The SMILES string of the molecule is CC.COC(=O)c1ccc(C)c(N/C=N\C(=C/C(=O)SC)OCc2ccc(C)cc2F)c1. The average molecular weight is 461 g/mol. The zero-order valence-corrected chi connectivity index (χ0v) is 20.0. The summed E-state index contributed by atoms with van der Waals surface area (Å²) in [4.78, 5) is 27.6. The second-order valence-electron chi connectivity index (χ2n) is 6.31. The van der Waals surface area contributed by atoms with E-state index in [0.717, 1.165) is 22.9 Å². The number of aliphatic imine (C=N–C) groups is 1. The van der Waals surface area contributed by atoms with Gasteiger partial charge in [0.25, 0.3) is 0 Å². The molecular formula is C24H29FN2O4S. The Morgan fingerprint density at radius 3 is 2.50 bits per heavy atom. The first kappa shape index (κ1) is 26.9. The van der Waals surface area contributed by atoms with Crippen LogP contribution in [0.25, 0.3) is 0 Å². The lowest BCUT2D eigenvalue weighted by Crippen LogP contribution is -2.05. The van der Waals surface area contributed by atoms with Crippen LogP contribution in [0.4, 0.5) is 10.1 Å². The number of halogens is 1. The molecule has 8 heteroatoms. The Labute approximate surface area is 192 Å². The highest BCUT2D eigenvalue weighted by molar-refractivity contribution is 8.13. The number of thioether (sulfide) groups is 1. The lowest BCUT2D eigenvalue weighted by atomic mass is 10.1. The van der Waals surface area contributed by atoms with E-state index < -0.39 is 5.97 Å². The maximum Gasteiger partial charge on any atom is 0.337 e. The Bertz CT molecular complexity index is 990. The molecule has 0 fully saturated rings. The van der Waals surface area contributed by atoms with Crippen LogP contribution in [0.2, 0.25) is 0 Å². The summed E-state index contributed by atoms with van der Waals surface area (Å²) in [6.07, 6.45) is 4.21. The van der Waals surface area contributed by atoms with E-state index in [1.165, 1.54) is 25.6 Å². The van der Waals surface area contributed by atoms with Gasteiger partial charge in [0, 0.05) is 11.3 Å². The topological polar surface area (TPSA) is 77.0 Å². The Balaban J connectivity index is 0.00000249. The fourth-order valence-electron chi connectivity index (χ4n) is 2.38. The van der Waals surface area contributed by atoms with Crippen LogP contribution >= 0.6 is 11.8 Å². The normalized spacial score (nSPS) is 10.9. The van der Waals surface area contributed by atoms with Gasteiger partial charge in [0.05, 0.1) is 25.1 Å². The fourth-order valence-corrected chi connectivity index (χ4v) is 2.60. The summed E-state index contributed by atoms with van der Waals surface area (Å²) < 4.78 is 24.3. The minimum Gasteiger partial charge on any atom is -0.473 e. The van der Waals surface area contributed by atoms with Gasteiger partial charge in [-0.05, 0) is 49.4 Å². The standard InChI is InChI=1S/C22H23FN2O4S.C2H6/c1-14-5-7-17(18(23)9-14)12-29-20(11-21(26)30-4)25-13-24-19-10-16(22(27)28-3)8-6-15(19)2;1-2/h5-11,13H,12H2,1-4H3,(H,24,25);1-2H3/b20-11+;. The first-order valence-corrected chi connectivity index (χ1v) is 11.2. The number of aryl methyl sites for hydroxylation is 2. The van der Waals surface area contributed by atoms with Crippen molar-refractivity contribution in [1.29, 1.82) is 0 Å². The maximum absolute atomic E-state index is 14.0. The summed E-state index contributed by atoms with van der Waals surface area (Å²) in [6.45, 7) is 7.58. The molecule has 0 aliphatic heterocycles. The van der Waals surface area contributed by atoms with Crippen LogP contribution < -0.4 is 5.32 Å². The van der Waals surface area contributed by atoms with Gasteiger partial charge in [0.1, 0.15) is 12.4 Å². The van der Waals surface area contributed by atoms with E-state index in [4.69, 9.17) is 9.47 Å². The molecule has 6 nitrogen and oxygen atoms in total. The van der Waals surface area contributed by atoms with Crippen molar-refractivity contribution >= 4 is 34.9 Å². The number of carbonyl (C=O) groups excluding carboxylic acids is 2. The van der Waals surface area contributed by atoms with E-state index in [0.29, 0.717) is 16.8 Å². The minimum atomic E-state index is -0.454. The second-order valence-corrected chi connectivity index (χ2v) is 7.12. The number of nitrogens with zero attached hydrogens (tertiary/aromatic N) is 1. The molecule has 0 heterocycles. The highest BCUT2D eigenvalue weighted by atomic mass is 32.2. The monoisotopic (exact) mass is 460 g/mol. The van der Waals surface area contributed by atoms with Crippen LogP contribution in [-0.4, -0.2) is 30.8 Å². The van der Waals surface area contributed by atoms with Crippen molar-refractivity contribution in [2.75, 3.05) is 18.7 Å². The minimum absolute atomic E-state index is 0.0311. The van der Waals surface area contributed by atoms with Gasteiger partial charge in [0.15, 0.2) is 0 Å². The van der Waals surface area contributed by atoms with Crippen LogP contribution in [0.1, 0.15) is 40.9 Å². The predicted octanol–water partition coefficient (Wildman–Crippen LogP) is 5.64. The van der Waals surface area contributed by atoms with E-state index in [9.17, 15) is 14.0 Å². The molecule has 0 radical (unpaired) electrons. The molecule has 32 heavy (non-hydrogen) atoms. The Kier molecular flexibility index (Phi) is 11.8. The first-order chi connectivity index (χ1) is 15.3. The Morgan fingerprint density at radius 2 is 1.88 bits per heavy atom. The van der Waals surface area contributed by atoms with Gasteiger partial charge in [-0.2, -0.15) is 0 Å². The number of methoxy groups -OCH3 is 1. The molecule has 2 rings (SSSR count). The molecule has 0 aliphatic carbocycles. The van der Waals surface area contributed by atoms with Crippen LogP contribution in [0.5, 0.6) is 0 Å². The van der Waals surface area contributed by atoms with E-state index in [1.54, 1.807) is 43.5 Å². The molecule has 0 spiro atoms. The van der Waals surface area contributed by atoms with Gasteiger partial charge in [0.2, 0.25) is 11.0 Å². The van der Waals surface area contributed by atoms with E-state index in [1.807, 2.05) is 20.8 Å². The summed E-state index contributed by atoms with van der Waals surface area (Å²) >= 11 is 1.00. The lowest BCUT2D eigenvalue weighted by Gasteiger charge is -2.09. The molecule has 0 bridgehead atoms. The molecule has 0 amide bonds. The van der Waals surface area contributed by atoms with Gasteiger partial charge < -0.3 is 14.8 Å². The molecular weight excluding hydrogens is 431 g/mol. The number of hydrogen-bond acceptors (Lipinski definition) is 6. The largest absolute Gasteiger partial charge is 0.473 e. The van der Waals surface area contributed by atoms with E-state index in [-0.39, 0.29) is 23.4 Å². The molecule has 2 aromatic carbocycles. The molecule has 0 unspecified atom stereocenters. The zero-order valence-electron chi connectivity index (χ0n) is 19.2. The molecule has 0 saturated heterocycles. The lowest BCUT2D eigenvalue weighted by molar-refractivity contribution is -0.107. The number of hydrogen-bond donors (Lipinski definition) is 1. The molecule has 2 aromatic rings. The van der Waals surface area contributed by atoms with Crippen LogP contribution in [0.3, 0.4) is 0 Å². The molecule has 0 atom stereocenters. The quantitative estimate of drug-likeness (QED) is 0.181. The predicted molar refractivity (Wildman–Crippen MR) is 129 cm³/mol. The van der Waals surface area contributed by atoms with Crippen LogP contribution in [0, 0.1) is 19.7 Å². The van der Waals surface area contributed by atoms with Gasteiger partial charge in [-0.25, -0.2) is 14.2 Å². The molecule has 0 aliphatic rings. The van der Waals surface area contributed by atoms with Crippen molar-refractivity contribution in [2.24, 2.45) is 4.99 Å². The molecule has 0 aromatic heterocycles. The van der Waals surface area contributed by atoms with Gasteiger partial charge in [-0.3, -0.25) is 4.79 Å². The molecule has 172 valence electrons. The number of carbonyl (C=O) groups is 2. The molecule has 1 N–H and O–H groups in total. The number of nitrogens with one attached hydrogen (secondary N) is 1. The highest BCUT2D eigenvalue weighted by Gasteiger charge is 2.08. The summed E-state index contributed by atoms with van der Waals surface area (Å²) in [7, 11) is 1.31. The van der Waals surface area contributed by atoms with Gasteiger partial charge >= 0.3 is 5.97 Å². The van der Waals surface area contributed by atoms with Crippen molar-refractivity contribution in [1.82, 2.24) is 0 Å². The van der Waals surface area contributed by atoms with Crippen LogP contribution in [-0.2, 0) is 20.9 Å². The first-order valence-electron chi connectivity index (χ1n) is 9.99. The van der Waals surface area contributed by atoms with Crippen molar-refractivity contribution in [3.8, 4) is 0 Å². The average Bonchev–Trinajstić information content (AvgIpc) is 2.80. The number of ether oxygens (including phenoxy) is 2. The fraction of sp³-hybridized carbons (Fsp3) is 0.292. The summed E-state index contributed by atoms with van der Waals surface area (Å²) in [5, 5.41) is 2.70. The smallest absolute Gasteiger partial charge is 0.337 e. The van der Waals surface area contributed by atoms with Crippen molar-refractivity contribution < 1.29 is 23.5 Å². The summed E-state index contributed by atoms with van der Waals surface area (Å²) in [6, 6.07) is 9.88. The summed E-state index contributed by atoms with van der Waals surface area (Å²) in [5.41, 5.74) is 3.06. The van der Waals surface area contributed by atoms with Gasteiger partial charge in [-0.15, -0.1) is 0 Å². The number of benzene rings is 2. The van der Waals surface area contributed by atoms with Crippen molar-refractivity contribution in [3.63, 3.8) is 0 Å². The Morgan fingerprint density at radius 1 is 1.16 bits per heavy atom. The zero-order chi connectivity index (χ0) is 24.1. The second kappa shape index (κ2) is 14.0. The van der Waals surface area contributed by atoms with Gasteiger partial charge in [-0.1, -0.05) is 43.8 Å². The molecule has 0 saturated carbocycles. The maximum atomic E-state index is 14.0. The third kappa shape index (κ3) is 8.55. The van der Waals surface area contributed by atoms with Crippen molar-refractivity contribution in [3.05, 3.63) is 76.4 Å². The van der Waals surface area contributed by atoms with Crippen molar-refractivity contribution in [2.45, 2.75) is 34.3 Å². The number of anilines is 1. The Hall–Kier alpha value is -3.13. The number of esters is 1. The highest BCUT2D eigenvalue weighted by Crippen LogP contribution is 2.18.